The molecule has 1 aromatic heterocycles. The van der Waals surface area contributed by atoms with Gasteiger partial charge in [-0.1, -0.05) is 6.92 Å². The van der Waals surface area contributed by atoms with Crippen LogP contribution in [0.2, 0.25) is 0 Å². The molecule has 5 heteroatoms. The third-order valence-electron chi connectivity index (χ3n) is 4.47. The van der Waals surface area contributed by atoms with Gasteiger partial charge in [0.1, 0.15) is 11.9 Å². The van der Waals surface area contributed by atoms with Crippen LogP contribution in [0.15, 0.2) is 18.2 Å². The Bertz CT molecular complexity index is 634. The second-order valence-corrected chi connectivity index (χ2v) is 5.93. The molecule has 0 aliphatic carbocycles. The number of benzene rings is 1. The molecule has 0 spiro atoms. The lowest BCUT2D eigenvalue weighted by Gasteiger charge is -2.24. The number of fused-ring (bicyclic) bond motifs is 1. The summed E-state index contributed by atoms with van der Waals surface area (Å²) < 4.78 is 2.16. The lowest BCUT2D eigenvalue weighted by atomic mass is 10.2. The van der Waals surface area contributed by atoms with Crippen molar-refractivity contribution in [3.63, 3.8) is 0 Å². The van der Waals surface area contributed by atoms with Crippen LogP contribution in [-0.4, -0.2) is 38.7 Å². The van der Waals surface area contributed by atoms with E-state index in [0.29, 0.717) is 11.7 Å². The Labute approximate surface area is 125 Å². The van der Waals surface area contributed by atoms with Crippen molar-refractivity contribution in [1.82, 2.24) is 14.5 Å². The van der Waals surface area contributed by atoms with E-state index in [4.69, 9.17) is 5.73 Å². The Morgan fingerprint density at radius 3 is 3.00 bits per heavy atom. The molecular weight excluding hydrogens is 264 g/mol. The van der Waals surface area contributed by atoms with E-state index in [1.807, 2.05) is 18.2 Å². The minimum absolute atomic E-state index is 0.530. The molecule has 1 aromatic carbocycles. The summed E-state index contributed by atoms with van der Waals surface area (Å²) in [6.45, 7) is 7.11. The smallest absolute Gasteiger partial charge is 0.138 e. The van der Waals surface area contributed by atoms with E-state index in [9.17, 15) is 5.11 Å². The highest BCUT2D eigenvalue weighted by molar-refractivity contribution is 5.79. The van der Waals surface area contributed by atoms with Gasteiger partial charge >= 0.3 is 0 Å². The van der Waals surface area contributed by atoms with Crippen molar-refractivity contribution in [3.8, 4) is 0 Å². The van der Waals surface area contributed by atoms with Gasteiger partial charge in [-0.05, 0) is 51.1 Å². The molecule has 1 aliphatic rings. The standard InChI is InChI=1S/C16H24N4O/c1-3-19-8-4-5-13(19)10-20-15-7-6-12(17)9-14(15)18-16(20)11(2)21/h6-7,9,11,13,21H,3-5,8,10,17H2,1-2H3. The maximum atomic E-state index is 10.0. The topological polar surface area (TPSA) is 67.3 Å². The van der Waals surface area contributed by atoms with Gasteiger partial charge in [0.15, 0.2) is 0 Å². The van der Waals surface area contributed by atoms with Gasteiger partial charge < -0.3 is 15.4 Å². The van der Waals surface area contributed by atoms with Gasteiger partial charge in [0.2, 0.25) is 0 Å². The molecular formula is C16H24N4O. The van der Waals surface area contributed by atoms with Crippen molar-refractivity contribution in [2.24, 2.45) is 0 Å². The summed E-state index contributed by atoms with van der Waals surface area (Å²) in [4.78, 5) is 7.09. The van der Waals surface area contributed by atoms with E-state index >= 15 is 0 Å². The zero-order chi connectivity index (χ0) is 15.0. The molecule has 0 bridgehead atoms. The van der Waals surface area contributed by atoms with Crippen molar-refractivity contribution in [1.29, 1.82) is 0 Å². The molecule has 0 radical (unpaired) electrons. The lowest BCUT2D eigenvalue weighted by molar-refractivity contribution is 0.178. The number of hydrogen-bond acceptors (Lipinski definition) is 4. The third kappa shape index (κ3) is 2.63. The maximum Gasteiger partial charge on any atom is 0.138 e. The molecule has 2 atom stereocenters. The summed E-state index contributed by atoms with van der Waals surface area (Å²) in [7, 11) is 0. The maximum absolute atomic E-state index is 10.0. The highest BCUT2D eigenvalue weighted by Gasteiger charge is 2.25. The molecule has 1 aliphatic heterocycles. The van der Waals surface area contributed by atoms with Crippen LogP contribution >= 0.6 is 0 Å². The Hall–Kier alpha value is -1.59. The van der Waals surface area contributed by atoms with Crippen molar-refractivity contribution >= 4 is 16.7 Å². The number of hydrogen-bond donors (Lipinski definition) is 2. The van der Waals surface area contributed by atoms with Gasteiger partial charge in [-0.2, -0.15) is 0 Å². The minimum Gasteiger partial charge on any atom is -0.399 e. The van der Waals surface area contributed by atoms with Crippen LogP contribution in [0.3, 0.4) is 0 Å². The molecule has 21 heavy (non-hydrogen) atoms. The molecule has 2 aromatic rings. The Morgan fingerprint density at radius 2 is 2.29 bits per heavy atom. The summed E-state index contributed by atoms with van der Waals surface area (Å²) in [5.74, 6) is 0.735. The summed E-state index contributed by atoms with van der Waals surface area (Å²) in [6, 6.07) is 6.32. The first kappa shape index (κ1) is 14.4. The molecule has 2 unspecified atom stereocenters. The quantitative estimate of drug-likeness (QED) is 0.846. The molecule has 114 valence electrons. The van der Waals surface area contributed by atoms with Crippen LogP contribution in [0.4, 0.5) is 5.69 Å². The average molecular weight is 288 g/mol. The highest BCUT2D eigenvalue weighted by Crippen LogP contribution is 2.26. The summed E-state index contributed by atoms with van der Waals surface area (Å²) >= 11 is 0. The SMILES string of the molecule is CCN1CCCC1Cn1c(C(C)O)nc2cc(N)ccc21. The summed E-state index contributed by atoms with van der Waals surface area (Å²) in [5.41, 5.74) is 8.48. The fourth-order valence-electron chi connectivity index (χ4n) is 3.41. The summed E-state index contributed by atoms with van der Waals surface area (Å²) in [6.07, 6.45) is 1.89. The van der Waals surface area contributed by atoms with Crippen LogP contribution < -0.4 is 5.73 Å². The minimum atomic E-state index is -0.574. The second kappa shape index (κ2) is 5.66. The zero-order valence-corrected chi connectivity index (χ0v) is 12.8. The molecule has 0 amide bonds. The number of nitrogens with two attached hydrogens (primary N) is 1. The third-order valence-corrected chi connectivity index (χ3v) is 4.47. The van der Waals surface area contributed by atoms with Crippen LogP contribution in [0.25, 0.3) is 11.0 Å². The Morgan fingerprint density at radius 1 is 1.48 bits per heavy atom. The van der Waals surface area contributed by atoms with E-state index in [1.54, 1.807) is 6.92 Å². The molecule has 1 saturated heterocycles. The number of aromatic nitrogens is 2. The summed E-state index contributed by atoms with van der Waals surface area (Å²) in [5, 5.41) is 10.0. The first-order chi connectivity index (χ1) is 10.1. The largest absolute Gasteiger partial charge is 0.399 e. The van der Waals surface area contributed by atoms with Crippen molar-refractivity contribution in [2.75, 3.05) is 18.8 Å². The average Bonchev–Trinajstić information content (AvgIpc) is 3.03. The van der Waals surface area contributed by atoms with Crippen LogP contribution in [-0.2, 0) is 6.54 Å². The van der Waals surface area contributed by atoms with Gasteiger partial charge in [-0.15, -0.1) is 0 Å². The molecule has 0 saturated carbocycles. The van der Waals surface area contributed by atoms with E-state index in [2.05, 4.69) is 21.4 Å². The number of likely N-dealkylation sites (N-methyl/N-ethyl adjacent to an activating group) is 1. The van der Waals surface area contributed by atoms with Crippen molar-refractivity contribution < 1.29 is 5.11 Å². The Balaban J connectivity index is 2.01. The van der Waals surface area contributed by atoms with Gasteiger partial charge in [-0.3, -0.25) is 4.90 Å². The first-order valence-corrected chi connectivity index (χ1v) is 7.78. The molecule has 3 rings (SSSR count). The number of nitrogen functional groups attached to an aromatic ring is 1. The number of rotatable bonds is 4. The number of nitrogens with zero attached hydrogens (tertiary/aromatic N) is 3. The predicted molar refractivity (Wildman–Crippen MR) is 85.0 cm³/mol. The molecule has 5 nitrogen and oxygen atoms in total. The van der Waals surface area contributed by atoms with E-state index in [1.165, 1.54) is 19.4 Å². The normalized spacial score (nSPS) is 21.2. The van der Waals surface area contributed by atoms with Gasteiger partial charge in [0.05, 0.1) is 11.0 Å². The first-order valence-electron chi connectivity index (χ1n) is 7.78. The van der Waals surface area contributed by atoms with Gasteiger partial charge in [0.25, 0.3) is 0 Å². The van der Waals surface area contributed by atoms with Crippen molar-refractivity contribution in [3.05, 3.63) is 24.0 Å². The van der Waals surface area contributed by atoms with Gasteiger partial charge in [-0.25, -0.2) is 4.98 Å². The molecule has 3 N–H and O–H groups in total. The van der Waals surface area contributed by atoms with Crippen LogP contribution in [0.1, 0.15) is 38.6 Å². The number of imidazole rings is 1. The Kier molecular flexibility index (Phi) is 3.87. The fourth-order valence-corrected chi connectivity index (χ4v) is 3.41. The predicted octanol–water partition coefficient (Wildman–Crippen LogP) is 2.16. The van der Waals surface area contributed by atoms with Crippen LogP contribution in [0.5, 0.6) is 0 Å². The molecule has 1 fully saturated rings. The fraction of sp³-hybridized carbons (Fsp3) is 0.562. The monoisotopic (exact) mass is 288 g/mol. The highest BCUT2D eigenvalue weighted by atomic mass is 16.3. The van der Waals surface area contributed by atoms with Crippen molar-refractivity contribution in [2.45, 2.75) is 45.4 Å². The van der Waals surface area contributed by atoms with Gasteiger partial charge in [0, 0.05) is 18.3 Å². The van der Waals surface area contributed by atoms with E-state index < -0.39 is 6.10 Å². The number of aliphatic hydroxyl groups excluding tert-OH is 1. The van der Waals surface area contributed by atoms with E-state index in [-0.39, 0.29) is 0 Å². The number of anilines is 1. The zero-order valence-electron chi connectivity index (χ0n) is 12.8. The van der Waals surface area contributed by atoms with E-state index in [0.717, 1.165) is 29.9 Å². The number of likely N-dealkylation sites (tertiary alicyclic amines) is 1. The number of aliphatic hydroxyl groups is 1. The molecule has 2 heterocycles. The van der Waals surface area contributed by atoms with Crippen LogP contribution in [0, 0.1) is 0 Å². The lowest BCUT2D eigenvalue weighted by Crippen LogP contribution is -2.33. The second-order valence-electron chi connectivity index (χ2n) is 5.93.